The summed E-state index contributed by atoms with van der Waals surface area (Å²) in [6.07, 6.45) is 5.44. The van der Waals surface area contributed by atoms with Gasteiger partial charge in [-0.05, 0) is 61.4 Å². The van der Waals surface area contributed by atoms with Crippen LogP contribution in [-0.4, -0.2) is 31.3 Å². The highest BCUT2D eigenvalue weighted by atomic mass is 32.2. The number of aliphatic imine (C=N–C) groups is 1. The molecular formula is C20H21N3O3S. The zero-order chi connectivity index (χ0) is 18.6. The third kappa shape index (κ3) is 4.19. The van der Waals surface area contributed by atoms with E-state index in [1.54, 1.807) is 13.2 Å². The van der Waals surface area contributed by atoms with E-state index in [2.05, 4.69) is 15.2 Å². The summed E-state index contributed by atoms with van der Waals surface area (Å²) < 4.78 is 11.1. The van der Waals surface area contributed by atoms with Crippen molar-refractivity contribution in [3.05, 3.63) is 47.1 Å². The van der Waals surface area contributed by atoms with Crippen LogP contribution in [0.25, 0.3) is 6.08 Å². The van der Waals surface area contributed by atoms with Crippen LogP contribution in [0.4, 0.5) is 11.6 Å². The minimum Gasteiger partial charge on any atom is -0.497 e. The molecule has 3 heterocycles. The van der Waals surface area contributed by atoms with Crippen LogP contribution in [-0.2, 0) is 4.79 Å². The van der Waals surface area contributed by atoms with Gasteiger partial charge in [-0.2, -0.15) is 0 Å². The Morgan fingerprint density at radius 3 is 2.67 bits per heavy atom. The molecule has 2 aliphatic heterocycles. The molecule has 0 unspecified atom stereocenters. The van der Waals surface area contributed by atoms with Crippen molar-refractivity contribution < 1.29 is 13.9 Å². The number of ether oxygens (including phenoxy) is 1. The Hall–Kier alpha value is -2.67. The molecule has 2 saturated heterocycles. The van der Waals surface area contributed by atoms with E-state index in [9.17, 15) is 4.79 Å². The van der Waals surface area contributed by atoms with Gasteiger partial charge >= 0.3 is 0 Å². The molecular weight excluding hydrogens is 362 g/mol. The first-order valence-electron chi connectivity index (χ1n) is 9.00. The average Bonchev–Trinajstić information content (AvgIpc) is 3.30. The van der Waals surface area contributed by atoms with Gasteiger partial charge in [-0.1, -0.05) is 0 Å². The third-order valence-electron chi connectivity index (χ3n) is 4.51. The van der Waals surface area contributed by atoms with Gasteiger partial charge in [0.25, 0.3) is 5.91 Å². The van der Waals surface area contributed by atoms with E-state index >= 15 is 0 Å². The number of amidine groups is 1. The highest BCUT2D eigenvalue weighted by Crippen LogP contribution is 2.30. The van der Waals surface area contributed by atoms with Gasteiger partial charge in [0.05, 0.1) is 17.7 Å². The zero-order valence-corrected chi connectivity index (χ0v) is 15.9. The Balaban J connectivity index is 1.47. The first-order chi connectivity index (χ1) is 13.2. The molecule has 2 fully saturated rings. The van der Waals surface area contributed by atoms with Crippen molar-refractivity contribution in [2.75, 3.05) is 25.1 Å². The Morgan fingerprint density at radius 1 is 1.15 bits per heavy atom. The molecule has 0 spiro atoms. The maximum absolute atomic E-state index is 12.2. The number of nitrogens with zero attached hydrogens (tertiary/aromatic N) is 2. The van der Waals surface area contributed by atoms with E-state index in [1.165, 1.54) is 31.0 Å². The van der Waals surface area contributed by atoms with Gasteiger partial charge in [-0.15, -0.1) is 0 Å². The molecule has 2 aromatic rings. The number of carbonyl (C=O) groups is 1. The second-order valence-corrected chi connectivity index (χ2v) is 7.43. The van der Waals surface area contributed by atoms with Crippen molar-refractivity contribution in [1.82, 2.24) is 5.32 Å². The number of furan rings is 1. The predicted octanol–water partition coefficient (Wildman–Crippen LogP) is 4.17. The van der Waals surface area contributed by atoms with Crippen LogP contribution >= 0.6 is 11.8 Å². The molecule has 0 saturated carbocycles. The van der Waals surface area contributed by atoms with Crippen molar-refractivity contribution in [3.63, 3.8) is 0 Å². The summed E-state index contributed by atoms with van der Waals surface area (Å²) in [5.41, 5.74) is 0.755. The highest BCUT2D eigenvalue weighted by molar-refractivity contribution is 8.18. The minimum atomic E-state index is -0.164. The standard InChI is InChI=1S/C20H21N3O3S/c1-25-15-7-5-14(6-8-15)21-20-22-19(24)17(27-20)13-16-9-10-18(26-16)23-11-3-2-4-12-23/h5-10,13H,2-4,11-12H2,1H3,(H,21,22,24)/b17-13+. The molecule has 0 aliphatic carbocycles. The Morgan fingerprint density at radius 2 is 1.93 bits per heavy atom. The van der Waals surface area contributed by atoms with Crippen molar-refractivity contribution in [2.45, 2.75) is 19.3 Å². The SMILES string of the molecule is COc1ccc(N=C2NC(=O)/C(=C\c3ccc(N4CCCCC4)o3)S2)cc1. The summed E-state index contributed by atoms with van der Waals surface area (Å²) >= 11 is 1.31. The van der Waals surface area contributed by atoms with E-state index < -0.39 is 0 Å². The topological polar surface area (TPSA) is 67.1 Å². The number of methoxy groups -OCH3 is 1. The second-order valence-electron chi connectivity index (χ2n) is 6.40. The molecule has 140 valence electrons. The van der Waals surface area contributed by atoms with Crippen LogP contribution in [0.1, 0.15) is 25.0 Å². The van der Waals surface area contributed by atoms with Crippen LogP contribution in [0.2, 0.25) is 0 Å². The molecule has 1 aromatic heterocycles. The highest BCUT2D eigenvalue weighted by Gasteiger charge is 2.24. The lowest BCUT2D eigenvalue weighted by atomic mass is 10.1. The smallest absolute Gasteiger partial charge is 0.264 e. The molecule has 2 aliphatic rings. The first-order valence-corrected chi connectivity index (χ1v) is 9.81. The van der Waals surface area contributed by atoms with Crippen LogP contribution < -0.4 is 15.0 Å². The number of amides is 1. The summed E-state index contributed by atoms with van der Waals surface area (Å²) in [6.45, 7) is 2.05. The van der Waals surface area contributed by atoms with Crippen LogP contribution in [0, 0.1) is 0 Å². The molecule has 0 atom stereocenters. The Labute approximate surface area is 162 Å². The molecule has 0 radical (unpaired) electrons. The largest absolute Gasteiger partial charge is 0.497 e. The van der Waals surface area contributed by atoms with Gasteiger partial charge in [0.15, 0.2) is 11.1 Å². The van der Waals surface area contributed by atoms with Crippen molar-refractivity contribution in [3.8, 4) is 5.75 Å². The van der Waals surface area contributed by atoms with E-state index in [4.69, 9.17) is 9.15 Å². The summed E-state index contributed by atoms with van der Waals surface area (Å²) in [5.74, 6) is 2.16. The molecule has 1 aromatic carbocycles. The number of thioether (sulfide) groups is 1. The fraction of sp³-hybridized carbons (Fsp3) is 0.300. The lowest BCUT2D eigenvalue weighted by Crippen LogP contribution is -2.28. The third-order valence-corrected chi connectivity index (χ3v) is 5.42. The number of nitrogens with one attached hydrogen (secondary N) is 1. The van der Waals surface area contributed by atoms with E-state index in [-0.39, 0.29) is 5.91 Å². The van der Waals surface area contributed by atoms with E-state index in [0.29, 0.717) is 15.8 Å². The van der Waals surface area contributed by atoms with Gasteiger partial charge in [0.1, 0.15) is 11.5 Å². The molecule has 27 heavy (non-hydrogen) atoms. The summed E-state index contributed by atoms with van der Waals surface area (Å²) in [5, 5.41) is 3.35. The van der Waals surface area contributed by atoms with Crippen molar-refractivity contribution >= 4 is 40.5 Å². The van der Waals surface area contributed by atoms with Gasteiger partial charge in [0.2, 0.25) is 0 Å². The maximum Gasteiger partial charge on any atom is 0.264 e. The molecule has 1 N–H and O–H groups in total. The fourth-order valence-corrected chi connectivity index (χ4v) is 3.91. The average molecular weight is 383 g/mol. The number of anilines is 1. The van der Waals surface area contributed by atoms with Crippen molar-refractivity contribution in [2.24, 2.45) is 4.99 Å². The lowest BCUT2D eigenvalue weighted by molar-refractivity contribution is -0.115. The van der Waals surface area contributed by atoms with E-state index in [0.717, 1.165) is 30.4 Å². The minimum absolute atomic E-state index is 0.164. The van der Waals surface area contributed by atoms with E-state index in [1.807, 2.05) is 36.4 Å². The molecule has 7 heteroatoms. The Bertz CT molecular complexity index is 880. The molecule has 4 rings (SSSR count). The second kappa shape index (κ2) is 7.92. The normalized spacial score (nSPS) is 20.3. The molecule has 0 bridgehead atoms. The molecule has 6 nitrogen and oxygen atoms in total. The number of hydrogen-bond acceptors (Lipinski definition) is 6. The number of piperidine rings is 1. The molecule has 1 amide bonds. The number of benzene rings is 1. The maximum atomic E-state index is 12.2. The first kappa shape index (κ1) is 17.7. The van der Waals surface area contributed by atoms with Crippen molar-refractivity contribution in [1.29, 1.82) is 0 Å². The fourth-order valence-electron chi connectivity index (χ4n) is 3.09. The number of carbonyl (C=O) groups excluding carboxylic acids is 1. The zero-order valence-electron chi connectivity index (χ0n) is 15.1. The summed E-state index contributed by atoms with van der Waals surface area (Å²) in [4.78, 5) is 19.5. The van der Waals surface area contributed by atoms with Gasteiger partial charge < -0.3 is 19.4 Å². The van der Waals surface area contributed by atoms with Crippen LogP contribution in [0.3, 0.4) is 0 Å². The number of rotatable bonds is 4. The van der Waals surface area contributed by atoms with Crippen LogP contribution in [0.5, 0.6) is 5.75 Å². The van der Waals surface area contributed by atoms with Crippen LogP contribution in [0.15, 0.2) is 50.7 Å². The summed E-state index contributed by atoms with van der Waals surface area (Å²) in [6, 6.07) is 11.2. The lowest BCUT2D eigenvalue weighted by Gasteiger charge is -2.25. The van der Waals surface area contributed by atoms with Gasteiger partial charge in [-0.3, -0.25) is 4.79 Å². The summed E-state index contributed by atoms with van der Waals surface area (Å²) in [7, 11) is 1.62. The Kier molecular flexibility index (Phi) is 5.20. The van der Waals surface area contributed by atoms with Gasteiger partial charge in [0, 0.05) is 25.2 Å². The predicted molar refractivity (Wildman–Crippen MR) is 109 cm³/mol. The van der Waals surface area contributed by atoms with Gasteiger partial charge in [-0.25, -0.2) is 4.99 Å². The monoisotopic (exact) mass is 383 g/mol. The number of hydrogen-bond donors (Lipinski definition) is 1. The quantitative estimate of drug-likeness (QED) is 0.803.